The average molecular weight is 390 g/mol. The van der Waals surface area contributed by atoms with Crippen LogP contribution >= 0.6 is 11.3 Å². The molecule has 0 fully saturated rings. The number of benzene rings is 1. The largest absolute Gasteiger partial charge is 0.407 e. The van der Waals surface area contributed by atoms with Crippen molar-refractivity contribution in [3.63, 3.8) is 0 Å². The zero-order valence-corrected chi connectivity index (χ0v) is 18.9. The van der Waals surface area contributed by atoms with Crippen LogP contribution in [0.1, 0.15) is 69.6 Å². The van der Waals surface area contributed by atoms with Crippen LogP contribution in [0, 0.1) is 0 Å². The molecule has 0 saturated carbocycles. The summed E-state index contributed by atoms with van der Waals surface area (Å²) < 4.78 is 6.71. The standard InChI is InChI=1S/C22H35NOSSi/c1-22(2,3)26(4,5)24-20(21-23-17-18-25-21)16-12-7-6-9-13-19-14-10-8-11-15-19/h8,10-11,14-15,17-18,20H,6-7,9,12-13,16H2,1-5H3. The Morgan fingerprint density at radius 3 is 2.35 bits per heavy atom. The summed E-state index contributed by atoms with van der Waals surface area (Å²) in [5.41, 5.74) is 1.45. The Hall–Kier alpha value is -0.973. The lowest BCUT2D eigenvalue weighted by molar-refractivity contribution is 0.169. The normalized spacial score (nSPS) is 13.7. The highest BCUT2D eigenvalue weighted by Crippen LogP contribution is 2.41. The van der Waals surface area contributed by atoms with E-state index in [9.17, 15) is 0 Å². The molecule has 2 aromatic rings. The molecule has 0 amide bonds. The van der Waals surface area contributed by atoms with E-state index in [1.165, 1.54) is 37.7 Å². The van der Waals surface area contributed by atoms with Crippen molar-refractivity contribution >= 4 is 19.7 Å². The first-order valence-corrected chi connectivity index (χ1v) is 13.7. The van der Waals surface area contributed by atoms with E-state index in [0.717, 1.165) is 11.4 Å². The van der Waals surface area contributed by atoms with Crippen LogP contribution in [0.3, 0.4) is 0 Å². The number of aryl methyl sites for hydroxylation is 1. The van der Waals surface area contributed by atoms with Crippen molar-refractivity contribution in [2.45, 2.75) is 83.5 Å². The summed E-state index contributed by atoms with van der Waals surface area (Å²) in [6, 6.07) is 10.8. The molecule has 144 valence electrons. The van der Waals surface area contributed by atoms with Crippen molar-refractivity contribution in [2.75, 3.05) is 0 Å². The molecular weight excluding hydrogens is 354 g/mol. The quantitative estimate of drug-likeness (QED) is 0.312. The minimum absolute atomic E-state index is 0.171. The van der Waals surface area contributed by atoms with Gasteiger partial charge in [0.2, 0.25) is 0 Å². The van der Waals surface area contributed by atoms with Gasteiger partial charge in [-0.1, -0.05) is 70.4 Å². The predicted octanol–water partition coefficient (Wildman–Crippen LogP) is 7.40. The lowest BCUT2D eigenvalue weighted by atomic mass is 10.0. The molecule has 1 aromatic heterocycles. The van der Waals surface area contributed by atoms with Crippen molar-refractivity contribution in [1.82, 2.24) is 4.98 Å². The van der Waals surface area contributed by atoms with Gasteiger partial charge in [0.05, 0.1) is 6.10 Å². The maximum atomic E-state index is 6.71. The highest BCUT2D eigenvalue weighted by atomic mass is 32.1. The van der Waals surface area contributed by atoms with Gasteiger partial charge in [-0.25, -0.2) is 4.98 Å². The molecule has 1 unspecified atom stereocenters. The summed E-state index contributed by atoms with van der Waals surface area (Å²) in [7, 11) is -1.78. The number of nitrogens with zero attached hydrogens (tertiary/aromatic N) is 1. The molecule has 1 heterocycles. The fourth-order valence-electron chi connectivity index (χ4n) is 2.82. The molecule has 2 rings (SSSR count). The molecule has 0 saturated heterocycles. The molecule has 1 aromatic carbocycles. The van der Waals surface area contributed by atoms with Crippen LogP contribution in [-0.2, 0) is 10.8 Å². The molecule has 0 spiro atoms. The molecule has 0 N–H and O–H groups in total. The summed E-state index contributed by atoms with van der Waals surface area (Å²) in [6.45, 7) is 11.6. The molecular formula is C22H35NOSSi. The molecule has 0 bridgehead atoms. The van der Waals surface area contributed by atoms with E-state index in [2.05, 4.69) is 74.6 Å². The fraction of sp³-hybridized carbons (Fsp3) is 0.591. The molecule has 4 heteroatoms. The molecule has 0 aliphatic rings. The minimum atomic E-state index is -1.78. The van der Waals surface area contributed by atoms with Crippen molar-refractivity contribution in [3.05, 3.63) is 52.5 Å². The van der Waals surface area contributed by atoms with Gasteiger partial charge < -0.3 is 4.43 Å². The van der Waals surface area contributed by atoms with E-state index in [0.29, 0.717) is 0 Å². The second kappa shape index (κ2) is 9.82. The zero-order chi connectivity index (χ0) is 19.0. The highest BCUT2D eigenvalue weighted by Gasteiger charge is 2.39. The van der Waals surface area contributed by atoms with Gasteiger partial charge in [-0.05, 0) is 43.0 Å². The van der Waals surface area contributed by atoms with Gasteiger partial charge in [0.15, 0.2) is 8.32 Å². The monoisotopic (exact) mass is 389 g/mol. The lowest BCUT2D eigenvalue weighted by Crippen LogP contribution is -2.41. The Balaban J connectivity index is 1.79. The Morgan fingerprint density at radius 2 is 1.73 bits per heavy atom. The number of thiazole rings is 1. The first-order chi connectivity index (χ1) is 12.3. The van der Waals surface area contributed by atoms with Crippen molar-refractivity contribution in [2.24, 2.45) is 0 Å². The topological polar surface area (TPSA) is 22.1 Å². The Kier molecular flexibility index (Phi) is 8.05. The lowest BCUT2D eigenvalue weighted by Gasteiger charge is -2.38. The average Bonchev–Trinajstić information content (AvgIpc) is 3.11. The molecule has 0 aliphatic carbocycles. The number of rotatable bonds is 10. The maximum Gasteiger partial charge on any atom is 0.193 e. The van der Waals surface area contributed by atoms with Crippen molar-refractivity contribution in [3.8, 4) is 0 Å². The van der Waals surface area contributed by atoms with Gasteiger partial charge in [-0.2, -0.15) is 0 Å². The second-order valence-corrected chi connectivity index (χ2v) is 14.4. The number of hydrogen-bond donors (Lipinski definition) is 0. The molecule has 26 heavy (non-hydrogen) atoms. The molecule has 1 atom stereocenters. The first kappa shape index (κ1) is 21.3. The Bertz CT molecular complexity index is 619. The number of hydrogen-bond acceptors (Lipinski definition) is 3. The van der Waals surface area contributed by atoms with E-state index >= 15 is 0 Å². The molecule has 0 aliphatic heterocycles. The second-order valence-electron chi connectivity index (χ2n) is 8.68. The van der Waals surface area contributed by atoms with Gasteiger partial charge in [0, 0.05) is 11.6 Å². The molecule has 0 radical (unpaired) electrons. The van der Waals surface area contributed by atoms with Crippen LogP contribution in [-0.4, -0.2) is 13.3 Å². The van der Waals surface area contributed by atoms with Crippen LogP contribution in [0.4, 0.5) is 0 Å². The maximum absolute atomic E-state index is 6.71. The van der Waals surface area contributed by atoms with Crippen LogP contribution in [0.15, 0.2) is 41.9 Å². The van der Waals surface area contributed by atoms with Crippen LogP contribution < -0.4 is 0 Å². The van der Waals surface area contributed by atoms with Gasteiger partial charge in [0.25, 0.3) is 0 Å². The summed E-state index contributed by atoms with van der Waals surface area (Å²) in [5, 5.41) is 3.45. The number of unbranched alkanes of at least 4 members (excludes halogenated alkanes) is 3. The Morgan fingerprint density at radius 1 is 1.04 bits per heavy atom. The van der Waals surface area contributed by atoms with Crippen LogP contribution in [0.5, 0.6) is 0 Å². The van der Waals surface area contributed by atoms with Gasteiger partial charge in [-0.15, -0.1) is 11.3 Å². The van der Waals surface area contributed by atoms with Gasteiger partial charge in [0.1, 0.15) is 5.01 Å². The summed E-state index contributed by atoms with van der Waals surface area (Å²) in [5.74, 6) is 0. The van der Waals surface area contributed by atoms with E-state index in [4.69, 9.17) is 4.43 Å². The third-order valence-corrected chi connectivity index (χ3v) is 10.8. The molecule has 2 nitrogen and oxygen atoms in total. The van der Waals surface area contributed by atoms with E-state index in [-0.39, 0.29) is 11.1 Å². The fourth-order valence-corrected chi connectivity index (χ4v) is 4.90. The number of aromatic nitrogens is 1. The van der Waals surface area contributed by atoms with E-state index in [1.54, 1.807) is 11.3 Å². The SMILES string of the molecule is CC(C)(C)[Si](C)(C)OC(CCCCCCc1ccccc1)c1nccs1. The summed E-state index contributed by atoms with van der Waals surface area (Å²) in [4.78, 5) is 4.55. The van der Waals surface area contributed by atoms with Crippen molar-refractivity contribution in [1.29, 1.82) is 0 Å². The Labute approximate surface area is 165 Å². The van der Waals surface area contributed by atoms with Crippen molar-refractivity contribution < 1.29 is 4.43 Å². The van der Waals surface area contributed by atoms with Gasteiger partial charge in [-0.3, -0.25) is 0 Å². The smallest absolute Gasteiger partial charge is 0.193 e. The minimum Gasteiger partial charge on any atom is -0.407 e. The van der Waals surface area contributed by atoms with E-state index in [1.807, 2.05) is 6.20 Å². The zero-order valence-electron chi connectivity index (χ0n) is 17.1. The predicted molar refractivity (Wildman–Crippen MR) is 116 cm³/mol. The van der Waals surface area contributed by atoms with E-state index < -0.39 is 8.32 Å². The summed E-state index contributed by atoms with van der Waals surface area (Å²) >= 11 is 1.73. The third kappa shape index (κ3) is 6.64. The first-order valence-electron chi connectivity index (χ1n) is 9.91. The third-order valence-electron chi connectivity index (χ3n) is 5.49. The van der Waals surface area contributed by atoms with Crippen LogP contribution in [0.2, 0.25) is 18.1 Å². The van der Waals surface area contributed by atoms with Crippen LogP contribution in [0.25, 0.3) is 0 Å². The highest BCUT2D eigenvalue weighted by molar-refractivity contribution is 7.09. The van der Waals surface area contributed by atoms with Gasteiger partial charge >= 0.3 is 0 Å². The summed E-state index contributed by atoms with van der Waals surface area (Å²) in [6.07, 6.45) is 9.41.